The average Bonchev–Trinajstić information content (AvgIpc) is 3.45. The lowest BCUT2D eigenvalue weighted by molar-refractivity contribution is -0.139. The first-order valence-electron chi connectivity index (χ1n) is 9.07. The van der Waals surface area contributed by atoms with Gasteiger partial charge in [0.05, 0.1) is 12.2 Å². The predicted molar refractivity (Wildman–Crippen MR) is 95.7 cm³/mol. The predicted octanol–water partition coefficient (Wildman–Crippen LogP) is 0.0763. The lowest BCUT2D eigenvalue weighted by atomic mass is 10.1. The number of carbonyl (C=O) groups is 2. The fraction of sp³-hybridized carbons (Fsp3) is 0.556. The van der Waals surface area contributed by atoms with Gasteiger partial charge in [-0.1, -0.05) is 30.3 Å². The molecule has 2 aliphatic heterocycles. The molecule has 2 saturated heterocycles. The molecule has 0 bridgehead atoms. The third-order valence-corrected chi connectivity index (χ3v) is 7.13. The van der Waals surface area contributed by atoms with Crippen LogP contribution in [-0.2, 0) is 26.0 Å². The molecule has 3 aliphatic rings. The van der Waals surface area contributed by atoms with Crippen molar-refractivity contribution in [3.8, 4) is 0 Å². The van der Waals surface area contributed by atoms with Crippen molar-refractivity contribution < 1.29 is 18.0 Å². The first kappa shape index (κ1) is 17.5. The molecule has 0 spiro atoms. The van der Waals surface area contributed by atoms with E-state index in [0.717, 1.165) is 22.7 Å². The van der Waals surface area contributed by atoms with Gasteiger partial charge >= 0.3 is 0 Å². The Morgan fingerprint density at radius 3 is 2.50 bits per heavy atom. The fourth-order valence-electron chi connectivity index (χ4n) is 3.76. The number of fused-ring (bicyclic) bond motifs is 1. The summed E-state index contributed by atoms with van der Waals surface area (Å²) in [7, 11) is -3.55. The number of benzene rings is 1. The highest BCUT2D eigenvalue weighted by molar-refractivity contribution is 7.89. The van der Waals surface area contributed by atoms with Crippen molar-refractivity contribution in [3.63, 3.8) is 0 Å². The third-order valence-electron chi connectivity index (χ3n) is 5.36. The monoisotopic (exact) mass is 377 g/mol. The van der Waals surface area contributed by atoms with Gasteiger partial charge in [0.15, 0.2) is 0 Å². The van der Waals surface area contributed by atoms with E-state index in [9.17, 15) is 18.0 Å². The maximum Gasteiger partial charge on any atom is 0.255 e. The molecule has 1 atom stereocenters. The summed E-state index contributed by atoms with van der Waals surface area (Å²) in [5.74, 6) is -0.403. The summed E-state index contributed by atoms with van der Waals surface area (Å²) in [5.41, 5.74) is 0.939. The Labute approximate surface area is 153 Å². The van der Waals surface area contributed by atoms with Gasteiger partial charge in [0.1, 0.15) is 6.04 Å². The van der Waals surface area contributed by atoms with Crippen molar-refractivity contribution in [2.24, 2.45) is 0 Å². The van der Waals surface area contributed by atoms with Gasteiger partial charge in [0.25, 0.3) is 5.91 Å². The quantitative estimate of drug-likeness (QED) is 0.745. The van der Waals surface area contributed by atoms with Gasteiger partial charge in [-0.3, -0.25) is 14.5 Å². The number of piperazine rings is 1. The zero-order valence-corrected chi connectivity index (χ0v) is 15.4. The summed E-state index contributed by atoms with van der Waals surface area (Å²) in [4.78, 5) is 29.3. The van der Waals surface area contributed by atoms with E-state index in [-0.39, 0.29) is 30.2 Å². The first-order chi connectivity index (χ1) is 12.5. The molecule has 1 aliphatic carbocycles. The Morgan fingerprint density at radius 1 is 1.08 bits per heavy atom. The SMILES string of the molecule is O=C(Cc1ccccc1)N1CCN2CCS(=O)(=O)N(C3CC3)C(=O)C2C1. The van der Waals surface area contributed by atoms with Crippen LogP contribution in [0.4, 0.5) is 0 Å². The van der Waals surface area contributed by atoms with E-state index in [2.05, 4.69) is 0 Å². The molecule has 1 aromatic rings. The van der Waals surface area contributed by atoms with Crippen LogP contribution in [0.1, 0.15) is 18.4 Å². The number of carbonyl (C=O) groups excluding carboxylic acids is 2. The number of amides is 2. The van der Waals surface area contributed by atoms with E-state index in [1.165, 1.54) is 0 Å². The van der Waals surface area contributed by atoms with Crippen molar-refractivity contribution >= 4 is 21.8 Å². The highest BCUT2D eigenvalue weighted by Crippen LogP contribution is 2.32. The molecule has 1 aromatic carbocycles. The van der Waals surface area contributed by atoms with E-state index >= 15 is 0 Å². The Hall–Kier alpha value is -1.93. The topological polar surface area (TPSA) is 78.0 Å². The van der Waals surface area contributed by atoms with Crippen molar-refractivity contribution in [2.45, 2.75) is 31.3 Å². The summed E-state index contributed by atoms with van der Waals surface area (Å²) in [6.45, 7) is 1.68. The van der Waals surface area contributed by atoms with Crippen LogP contribution in [-0.4, -0.2) is 78.4 Å². The first-order valence-corrected chi connectivity index (χ1v) is 10.7. The van der Waals surface area contributed by atoms with Gasteiger partial charge in [-0.15, -0.1) is 0 Å². The van der Waals surface area contributed by atoms with E-state index in [0.29, 0.717) is 26.1 Å². The molecule has 8 heteroatoms. The molecule has 0 aromatic heterocycles. The molecule has 140 valence electrons. The van der Waals surface area contributed by atoms with Crippen LogP contribution in [0, 0.1) is 0 Å². The van der Waals surface area contributed by atoms with Crippen LogP contribution in [0.25, 0.3) is 0 Å². The highest BCUT2D eigenvalue weighted by Gasteiger charge is 2.48. The molecule has 0 radical (unpaired) electrons. The fourth-order valence-corrected chi connectivity index (χ4v) is 5.49. The van der Waals surface area contributed by atoms with Crippen LogP contribution in [0.15, 0.2) is 30.3 Å². The van der Waals surface area contributed by atoms with Crippen molar-refractivity contribution in [2.75, 3.05) is 31.9 Å². The smallest absolute Gasteiger partial charge is 0.255 e. The van der Waals surface area contributed by atoms with Crippen LogP contribution >= 0.6 is 0 Å². The van der Waals surface area contributed by atoms with Gasteiger partial charge in [-0.2, -0.15) is 0 Å². The Morgan fingerprint density at radius 2 is 1.81 bits per heavy atom. The van der Waals surface area contributed by atoms with E-state index in [1.807, 2.05) is 35.2 Å². The molecule has 7 nitrogen and oxygen atoms in total. The lowest BCUT2D eigenvalue weighted by Crippen LogP contribution is -2.59. The second-order valence-corrected chi connectivity index (χ2v) is 9.20. The van der Waals surface area contributed by atoms with Crippen LogP contribution < -0.4 is 0 Å². The summed E-state index contributed by atoms with van der Waals surface area (Å²) in [6, 6.07) is 8.79. The van der Waals surface area contributed by atoms with E-state index < -0.39 is 16.1 Å². The number of nitrogens with zero attached hydrogens (tertiary/aromatic N) is 3. The molecule has 0 N–H and O–H groups in total. The van der Waals surface area contributed by atoms with Gasteiger partial charge in [0, 0.05) is 32.2 Å². The molecular formula is C18H23N3O4S. The van der Waals surface area contributed by atoms with E-state index in [4.69, 9.17) is 0 Å². The van der Waals surface area contributed by atoms with Crippen molar-refractivity contribution in [3.05, 3.63) is 35.9 Å². The number of hydrogen-bond donors (Lipinski definition) is 0. The van der Waals surface area contributed by atoms with Crippen LogP contribution in [0.2, 0.25) is 0 Å². The second kappa shape index (κ2) is 6.66. The molecule has 3 fully saturated rings. The summed E-state index contributed by atoms with van der Waals surface area (Å²) >= 11 is 0. The van der Waals surface area contributed by atoms with Gasteiger partial charge in [0.2, 0.25) is 15.9 Å². The zero-order valence-electron chi connectivity index (χ0n) is 14.6. The van der Waals surface area contributed by atoms with Gasteiger partial charge < -0.3 is 4.90 Å². The maximum atomic E-state index is 13.0. The Kier molecular flexibility index (Phi) is 4.48. The minimum Gasteiger partial charge on any atom is -0.339 e. The Bertz CT molecular complexity index is 807. The van der Waals surface area contributed by atoms with E-state index in [1.54, 1.807) is 4.90 Å². The average molecular weight is 377 g/mol. The molecule has 26 heavy (non-hydrogen) atoms. The molecule has 1 saturated carbocycles. The molecule has 2 heterocycles. The van der Waals surface area contributed by atoms with Crippen molar-refractivity contribution in [1.82, 2.24) is 14.1 Å². The second-order valence-electron chi connectivity index (χ2n) is 7.24. The van der Waals surface area contributed by atoms with Crippen molar-refractivity contribution in [1.29, 1.82) is 0 Å². The van der Waals surface area contributed by atoms with Gasteiger partial charge in [-0.05, 0) is 18.4 Å². The molecule has 2 amide bonds. The van der Waals surface area contributed by atoms with Crippen LogP contribution in [0.3, 0.4) is 0 Å². The summed E-state index contributed by atoms with van der Waals surface area (Å²) < 4.78 is 26.1. The molecular weight excluding hydrogens is 354 g/mol. The molecule has 4 rings (SSSR count). The zero-order chi connectivity index (χ0) is 18.3. The summed E-state index contributed by atoms with van der Waals surface area (Å²) in [5, 5.41) is 0. The molecule has 1 unspecified atom stereocenters. The summed E-state index contributed by atoms with van der Waals surface area (Å²) in [6.07, 6.45) is 1.79. The third kappa shape index (κ3) is 3.35. The lowest BCUT2D eigenvalue weighted by Gasteiger charge is -2.39. The number of sulfonamides is 1. The van der Waals surface area contributed by atoms with Gasteiger partial charge in [-0.25, -0.2) is 12.7 Å². The standard InChI is InChI=1S/C18H23N3O4S/c22-17(12-14-4-2-1-3-5-14)20-9-8-19-10-11-26(24,25)21(15-6-7-15)18(23)16(19)13-20/h1-5,15-16H,6-13H2. The normalized spacial score (nSPS) is 26.3. The Balaban J connectivity index is 1.50. The maximum absolute atomic E-state index is 13.0. The number of rotatable bonds is 3. The largest absolute Gasteiger partial charge is 0.339 e. The highest BCUT2D eigenvalue weighted by atomic mass is 32.2. The minimum atomic E-state index is -3.55. The van der Waals surface area contributed by atoms with Crippen LogP contribution in [0.5, 0.6) is 0 Å². The number of hydrogen-bond acceptors (Lipinski definition) is 5. The minimum absolute atomic E-state index is 0.0197.